The molecule has 1 N–H and O–H groups in total. The predicted molar refractivity (Wildman–Crippen MR) is 72.2 cm³/mol. The molecule has 0 aliphatic carbocycles. The summed E-state index contributed by atoms with van der Waals surface area (Å²) < 4.78 is 21.5. The standard InChI is InChI=1S/C12H24NO5P/c1-5-17-19(15,16)7-6-10-8-13(9-10)11(14)18-12(2,3)4/h10H,5-9H2,1-4H3,(H,15,16). The van der Waals surface area contributed by atoms with Crippen LogP contribution in [0, 0.1) is 5.92 Å². The van der Waals surface area contributed by atoms with Crippen LogP contribution in [0.3, 0.4) is 0 Å². The quantitative estimate of drug-likeness (QED) is 0.788. The molecule has 6 nitrogen and oxygen atoms in total. The molecule has 0 bridgehead atoms. The Balaban J connectivity index is 2.24. The van der Waals surface area contributed by atoms with Crippen molar-refractivity contribution in [2.75, 3.05) is 25.9 Å². The van der Waals surface area contributed by atoms with E-state index in [2.05, 4.69) is 0 Å². The van der Waals surface area contributed by atoms with Gasteiger partial charge in [-0.3, -0.25) is 4.57 Å². The molecule has 0 radical (unpaired) electrons. The molecule has 19 heavy (non-hydrogen) atoms. The number of hydrogen-bond acceptors (Lipinski definition) is 4. The average molecular weight is 293 g/mol. The minimum absolute atomic E-state index is 0.146. The first kappa shape index (κ1) is 16.5. The third-order valence-corrected chi connectivity index (χ3v) is 4.24. The second-order valence-electron chi connectivity index (χ2n) is 5.82. The van der Waals surface area contributed by atoms with Gasteiger partial charge in [0, 0.05) is 13.1 Å². The molecule has 1 atom stereocenters. The van der Waals surface area contributed by atoms with Gasteiger partial charge in [-0.2, -0.15) is 0 Å². The van der Waals surface area contributed by atoms with Crippen molar-refractivity contribution in [3.8, 4) is 0 Å². The Labute approximate surface area is 114 Å². The highest BCUT2D eigenvalue weighted by atomic mass is 31.2. The molecule has 1 amide bonds. The van der Waals surface area contributed by atoms with Crippen molar-refractivity contribution in [2.45, 2.75) is 39.7 Å². The van der Waals surface area contributed by atoms with E-state index in [0.717, 1.165) is 0 Å². The molecular weight excluding hydrogens is 269 g/mol. The Kier molecular flexibility index (Phi) is 5.42. The van der Waals surface area contributed by atoms with Gasteiger partial charge in [-0.1, -0.05) is 0 Å². The summed E-state index contributed by atoms with van der Waals surface area (Å²) >= 11 is 0. The molecule has 1 heterocycles. The Hall–Kier alpha value is -0.580. The van der Waals surface area contributed by atoms with E-state index in [4.69, 9.17) is 9.26 Å². The topological polar surface area (TPSA) is 76.1 Å². The van der Waals surface area contributed by atoms with Gasteiger partial charge >= 0.3 is 13.7 Å². The molecule has 0 aromatic rings. The third kappa shape index (κ3) is 5.93. The first-order valence-electron chi connectivity index (χ1n) is 6.57. The van der Waals surface area contributed by atoms with Gasteiger partial charge in [0.15, 0.2) is 0 Å². The number of rotatable bonds is 5. The summed E-state index contributed by atoms with van der Waals surface area (Å²) in [6.45, 7) is 8.58. The number of carbonyl (C=O) groups is 1. The second kappa shape index (κ2) is 6.25. The number of likely N-dealkylation sites (tertiary alicyclic amines) is 1. The lowest BCUT2D eigenvalue weighted by Gasteiger charge is -2.40. The minimum atomic E-state index is -3.44. The SMILES string of the molecule is CCOP(=O)(O)CCC1CN(C(=O)OC(C)(C)C)C1. The van der Waals surface area contributed by atoms with Crippen LogP contribution in [-0.4, -0.2) is 47.3 Å². The Morgan fingerprint density at radius 2 is 2.00 bits per heavy atom. The number of nitrogens with zero attached hydrogens (tertiary/aromatic N) is 1. The van der Waals surface area contributed by atoms with Gasteiger partial charge in [0.05, 0.1) is 12.8 Å². The molecule has 1 rings (SSSR count). The highest BCUT2D eigenvalue weighted by Crippen LogP contribution is 2.43. The van der Waals surface area contributed by atoms with Crippen molar-refractivity contribution >= 4 is 13.7 Å². The molecule has 0 saturated carbocycles. The second-order valence-corrected chi connectivity index (χ2v) is 7.80. The lowest BCUT2D eigenvalue weighted by Crippen LogP contribution is -2.51. The third-order valence-electron chi connectivity index (χ3n) is 2.76. The summed E-state index contributed by atoms with van der Waals surface area (Å²) in [5.41, 5.74) is -0.488. The molecule has 1 aliphatic rings. The van der Waals surface area contributed by atoms with Gasteiger partial charge in [0.25, 0.3) is 0 Å². The van der Waals surface area contributed by atoms with Gasteiger partial charge in [-0.15, -0.1) is 0 Å². The van der Waals surface area contributed by atoms with Crippen molar-refractivity contribution in [3.05, 3.63) is 0 Å². The Morgan fingerprint density at radius 1 is 1.42 bits per heavy atom. The lowest BCUT2D eigenvalue weighted by molar-refractivity contribution is -0.00140. The molecule has 0 aromatic carbocycles. The van der Waals surface area contributed by atoms with Crippen LogP contribution in [0.15, 0.2) is 0 Å². The normalized spacial score (nSPS) is 19.7. The monoisotopic (exact) mass is 293 g/mol. The fraction of sp³-hybridized carbons (Fsp3) is 0.917. The molecule has 0 spiro atoms. The molecular formula is C12H24NO5P. The zero-order valence-corrected chi connectivity index (χ0v) is 13.0. The van der Waals surface area contributed by atoms with Gasteiger partial charge in [-0.05, 0) is 40.0 Å². The number of amides is 1. The number of ether oxygens (including phenoxy) is 1. The molecule has 1 saturated heterocycles. The predicted octanol–water partition coefficient (Wildman–Crippen LogP) is 2.47. The van der Waals surface area contributed by atoms with Gasteiger partial charge in [0.2, 0.25) is 0 Å². The Morgan fingerprint density at radius 3 is 2.47 bits per heavy atom. The first-order chi connectivity index (χ1) is 8.63. The van der Waals surface area contributed by atoms with Crippen molar-refractivity contribution in [1.29, 1.82) is 0 Å². The van der Waals surface area contributed by atoms with E-state index in [1.165, 1.54) is 0 Å². The summed E-state index contributed by atoms with van der Waals surface area (Å²) in [6, 6.07) is 0. The van der Waals surface area contributed by atoms with E-state index in [1.807, 2.05) is 20.8 Å². The van der Waals surface area contributed by atoms with E-state index in [1.54, 1.807) is 11.8 Å². The first-order valence-corrected chi connectivity index (χ1v) is 8.33. The fourth-order valence-electron chi connectivity index (χ4n) is 1.84. The van der Waals surface area contributed by atoms with Crippen LogP contribution in [0.4, 0.5) is 4.79 Å². The Bertz CT molecular complexity index is 360. The van der Waals surface area contributed by atoms with E-state index in [9.17, 15) is 14.3 Å². The lowest BCUT2D eigenvalue weighted by atomic mass is 9.98. The smallest absolute Gasteiger partial charge is 0.410 e. The zero-order valence-electron chi connectivity index (χ0n) is 12.1. The van der Waals surface area contributed by atoms with Crippen molar-refractivity contribution in [2.24, 2.45) is 5.92 Å². The summed E-state index contributed by atoms with van der Waals surface area (Å²) in [7, 11) is -3.44. The largest absolute Gasteiger partial charge is 0.444 e. The van der Waals surface area contributed by atoms with Crippen molar-refractivity contribution in [1.82, 2.24) is 4.90 Å². The molecule has 1 fully saturated rings. The van der Waals surface area contributed by atoms with Crippen LogP contribution in [0.2, 0.25) is 0 Å². The van der Waals surface area contributed by atoms with Crippen LogP contribution in [-0.2, 0) is 13.8 Å². The molecule has 1 unspecified atom stereocenters. The highest BCUT2D eigenvalue weighted by Gasteiger charge is 2.34. The van der Waals surface area contributed by atoms with Crippen LogP contribution in [0.5, 0.6) is 0 Å². The van der Waals surface area contributed by atoms with E-state index in [-0.39, 0.29) is 24.8 Å². The summed E-state index contributed by atoms with van der Waals surface area (Å²) in [6.07, 6.45) is 0.418. The molecule has 1 aliphatic heterocycles. The van der Waals surface area contributed by atoms with E-state index >= 15 is 0 Å². The van der Waals surface area contributed by atoms with Gasteiger partial charge in [-0.25, -0.2) is 4.79 Å². The van der Waals surface area contributed by atoms with Crippen molar-refractivity contribution in [3.63, 3.8) is 0 Å². The molecule has 112 valence electrons. The number of hydrogen-bond donors (Lipinski definition) is 1. The summed E-state index contributed by atoms with van der Waals surface area (Å²) in [4.78, 5) is 22.7. The van der Waals surface area contributed by atoms with Gasteiger partial charge in [0.1, 0.15) is 5.60 Å². The van der Waals surface area contributed by atoms with E-state index in [0.29, 0.717) is 19.5 Å². The van der Waals surface area contributed by atoms with Crippen LogP contribution >= 0.6 is 7.60 Å². The average Bonchev–Trinajstić information content (AvgIpc) is 2.11. The summed E-state index contributed by atoms with van der Waals surface area (Å²) in [5.74, 6) is 0.258. The van der Waals surface area contributed by atoms with Crippen LogP contribution < -0.4 is 0 Å². The van der Waals surface area contributed by atoms with Crippen molar-refractivity contribution < 1.29 is 23.5 Å². The molecule has 0 aromatic heterocycles. The number of carbonyl (C=O) groups excluding carboxylic acids is 1. The van der Waals surface area contributed by atoms with Crippen LogP contribution in [0.1, 0.15) is 34.1 Å². The highest BCUT2D eigenvalue weighted by molar-refractivity contribution is 7.52. The molecule has 7 heteroatoms. The maximum Gasteiger partial charge on any atom is 0.410 e. The maximum absolute atomic E-state index is 11.7. The fourth-order valence-corrected chi connectivity index (χ4v) is 3.06. The summed E-state index contributed by atoms with van der Waals surface area (Å²) in [5, 5.41) is 0. The zero-order chi connectivity index (χ0) is 14.7. The van der Waals surface area contributed by atoms with Gasteiger partial charge < -0.3 is 19.1 Å². The minimum Gasteiger partial charge on any atom is -0.444 e. The van der Waals surface area contributed by atoms with Crippen LogP contribution in [0.25, 0.3) is 0 Å². The van der Waals surface area contributed by atoms with E-state index < -0.39 is 13.2 Å². The maximum atomic E-state index is 11.7.